The van der Waals surface area contributed by atoms with Crippen LogP contribution in [0.5, 0.6) is 5.75 Å². The van der Waals surface area contributed by atoms with E-state index in [1.54, 1.807) is 18.2 Å². The van der Waals surface area contributed by atoms with Crippen molar-refractivity contribution in [2.24, 2.45) is 0 Å². The Morgan fingerprint density at radius 3 is 3.17 bits per heavy atom. The minimum Gasteiger partial charge on any atom is -0.450 e. The molecular weight excluding hydrogens is 174 g/mol. The van der Waals surface area contributed by atoms with Gasteiger partial charge in [-0.05, 0) is 6.07 Å². The van der Waals surface area contributed by atoms with Crippen molar-refractivity contribution in [3.63, 3.8) is 0 Å². The Bertz CT molecular complexity index is 339. The van der Waals surface area contributed by atoms with E-state index in [0.717, 1.165) is 7.48 Å². The van der Waals surface area contributed by atoms with Crippen LogP contribution < -0.4 is 15.5 Å². The van der Waals surface area contributed by atoms with E-state index in [0.29, 0.717) is 16.5 Å². The molecule has 1 aromatic carbocycles. The van der Waals surface area contributed by atoms with Crippen LogP contribution in [-0.2, 0) is 4.57 Å². The van der Waals surface area contributed by atoms with Gasteiger partial charge < -0.3 is 9.76 Å². The standard InChI is InChI=1S/C7H6BO3P/c9-8-5-2-1-3-6-7(5)12(10)4-11-6/h1-3,9H,4H2/q+1. The Morgan fingerprint density at radius 1 is 1.58 bits per heavy atom. The summed E-state index contributed by atoms with van der Waals surface area (Å²) < 4.78 is 16.5. The van der Waals surface area contributed by atoms with Crippen LogP contribution >= 0.6 is 7.80 Å². The van der Waals surface area contributed by atoms with E-state index in [2.05, 4.69) is 0 Å². The second-order valence-electron chi connectivity index (χ2n) is 2.48. The van der Waals surface area contributed by atoms with Crippen molar-refractivity contribution in [2.45, 2.75) is 0 Å². The van der Waals surface area contributed by atoms with Crippen LogP contribution in [-0.4, -0.2) is 18.9 Å². The maximum Gasteiger partial charge on any atom is 0.421 e. The molecule has 5 heteroatoms. The lowest BCUT2D eigenvalue weighted by atomic mass is 9.89. The van der Waals surface area contributed by atoms with Crippen molar-refractivity contribution < 1.29 is 14.3 Å². The first-order valence-corrected chi connectivity index (χ1v) is 4.95. The summed E-state index contributed by atoms with van der Waals surface area (Å²) in [7, 11) is -0.512. The van der Waals surface area contributed by atoms with Gasteiger partial charge in [0, 0.05) is 5.46 Å². The first-order chi connectivity index (χ1) is 5.83. The van der Waals surface area contributed by atoms with Crippen molar-refractivity contribution in [3.8, 4) is 5.75 Å². The maximum atomic E-state index is 11.3. The molecule has 0 fully saturated rings. The number of fused-ring (bicyclic) bond motifs is 1. The fourth-order valence-electron chi connectivity index (χ4n) is 1.22. The topological polar surface area (TPSA) is 46.5 Å². The minimum absolute atomic E-state index is 0.232. The maximum absolute atomic E-state index is 11.3. The van der Waals surface area contributed by atoms with E-state index < -0.39 is 7.80 Å². The molecule has 1 radical (unpaired) electrons. The molecule has 2 rings (SSSR count). The number of benzene rings is 1. The lowest BCUT2D eigenvalue weighted by Crippen LogP contribution is -2.26. The molecular formula is C7H6BO3P+. The highest BCUT2D eigenvalue weighted by atomic mass is 31.1. The summed E-state index contributed by atoms with van der Waals surface area (Å²) in [5, 5.41) is 9.44. The van der Waals surface area contributed by atoms with Crippen LogP contribution in [0, 0.1) is 0 Å². The number of rotatable bonds is 1. The van der Waals surface area contributed by atoms with Gasteiger partial charge in [0.15, 0.2) is 5.75 Å². The molecule has 0 aromatic heterocycles. The van der Waals surface area contributed by atoms with Crippen molar-refractivity contribution in [1.29, 1.82) is 0 Å². The Hall–Kier alpha value is -0.855. The largest absolute Gasteiger partial charge is 0.450 e. The smallest absolute Gasteiger partial charge is 0.421 e. The molecule has 59 valence electrons. The van der Waals surface area contributed by atoms with E-state index in [4.69, 9.17) is 9.76 Å². The predicted molar refractivity (Wildman–Crippen MR) is 46.8 cm³/mol. The zero-order valence-corrected chi connectivity index (χ0v) is 7.12. The second kappa shape index (κ2) is 2.89. The quantitative estimate of drug-likeness (QED) is 0.477. The Morgan fingerprint density at radius 2 is 2.42 bits per heavy atom. The lowest BCUT2D eigenvalue weighted by molar-refractivity contribution is 0.397. The molecule has 0 saturated heterocycles. The molecule has 1 heterocycles. The molecule has 1 N–H and O–H groups in total. The van der Waals surface area contributed by atoms with Gasteiger partial charge in [0.05, 0.1) is 0 Å². The van der Waals surface area contributed by atoms with E-state index >= 15 is 0 Å². The van der Waals surface area contributed by atoms with Crippen LogP contribution in [0.4, 0.5) is 0 Å². The Balaban J connectivity index is 2.60. The SMILES string of the molecule is O=[P+]1COc2cccc([B]O)c21. The third-order valence-electron chi connectivity index (χ3n) is 1.76. The highest BCUT2D eigenvalue weighted by Gasteiger charge is 2.35. The summed E-state index contributed by atoms with van der Waals surface area (Å²) in [6.45, 7) is 0. The Kier molecular flexibility index (Phi) is 1.87. The number of ether oxygens (including phenoxy) is 1. The molecule has 0 amide bonds. The molecule has 0 bridgehead atoms. The van der Waals surface area contributed by atoms with E-state index in [-0.39, 0.29) is 6.35 Å². The van der Waals surface area contributed by atoms with Crippen molar-refractivity contribution in [3.05, 3.63) is 18.2 Å². The average molecular weight is 180 g/mol. The monoisotopic (exact) mass is 180 g/mol. The highest BCUT2D eigenvalue weighted by Crippen LogP contribution is 2.31. The summed E-state index contributed by atoms with van der Waals surface area (Å²) in [5.41, 5.74) is 0.589. The van der Waals surface area contributed by atoms with Gasteiger partial charge in [0.2, 0.25) is 5.30 Å². The molecule has 0 saturated carbocycles. The van der Waals surface area contributed by atoms with Gasteiger partial charge in [0.1, 0.15) is 0 Å². The van der Waals surface area contributed by atoms with Crippen molar-refractivity contribution >= 4 is 26.1 Å². The third-order valence-corrected chi connectivity index (χ3v) is 3.10. The molecule has 1 atom stereocenters. The van der Waals surface area contributed by atoms with Gasteiger partial charge in [-0.15, -0.1) is 0 Å². The fraction of sp³-hybridized carbons (Fsp3) is 0.143. The average Bonchev–Trinajstić information content (AvgIpc) is 2.48. The molecule has 0 spiro atoms. The molecule has 1 aliphatic rings. The van der Waals surface area contributed by atoms with E-state index in [1.807, 2.05) is 0 Å². The van der Waals surface area contributed by atoms with Gasteiger partial charge >= 0.3 is 15.3 Å². The van der Waals surface area contributed by atoms with E-state index in [9.17, 15) is 4.57 Å². The molecule has 0 aliphatic carbocycles. The van der Waals surface area contributed by atoms with Crippen LogP contribution in [0.1, 0.15) is 0 Å². The summed E-state index contributed by atoms with van der Waals surface area (Å²) in [4.78, 5) is 0. The number of hydrogen-bond acceptors (Lipinski definition) is 3. The Labute approximate surface area is 71.4 Å². The summed E-state index contributed by atoms with van der Waals surface area (Å²) >= 11 is 0. The summed E-state index contributed by atoms with van der Waals surface area (Å²) in [5.74, 6) is 0.624. The zero-order valence-electron chi connectivity index (χ0n) is 6.23. The molecule has 3 nitrogen and oxygen atoms in total. The molecule has 1 unspecified atom stereocenters. The van der Waals surface area contributed by atoms with Crippen molar-refractivity contribution in [1.82, 2.24) is 0 Å². The summed E-state index contributed by atoms with van der Waals surface area (Å²) in [6.07, 6.45) is 0.232. The van der Waals surface area contributed by atoms with Crippen molar-refractivity contribution in [2.75, 3.05) is 6.35 Å². The molecule has 1 aromatic rings. The molecule has 12 heavy (non-hydrogen) atoms. The predicted octanol–water partition coefficient (Wildman–Crippen LogP) is -0.274. The van der Waals surface area contributed by atoms with Crippen LogP contribution in [0.2, 0.25) is 0 Å². The number of hydrogen-bond donors (Lipinski definition) is 1. The lowest BCUT2D eigenvalue weighted by Gasteiger charge is -1.93. The van der Waals surface area contributed by atoms with Crippen LogP contribution in [0.15, 0.2) is 18.2 Å². The molecule has 1 aliphatic heterocycles. The van der Waals surface area contributed by atoms with Gasteiger partial charge in [-0.2, -0.15) is 0 Å². The van der Waals surface area contributed by atoms with Gasteiger partial charge in [-0.25, -0.2) is 0 Å². The third kappa shape index (κ3) is 1.04. The highest BCUT2D eigenvalue weighted by molar-refractivity contribution is 7.54. The second-order valence-corrected chi connectivity index (χ2v) is 3.94. The van der Waals surface area contributed by atoms with Gasteiger partial charge in [0.25, 0.3) is 6.35 Å². The van der Waals surface area contributed by atoms with Crippen LogP contribution in [0.3, 0.4) is 0 Å². The minimum atomic E-state index is -1.47. The first kappa shape index (κ1) is 7.78. The zero-order chi connectivity index (χ0) is 8.55. The van der Waals surface area contributed by atoms with Gasteiger partial charge in [-0.1, -0.05) is 16.7 Å². The van der Waals surface area contributed by atoms with Gasteiger partial charge in [-0.3, -0.25) is 0 Å². The van der Waals surface area contributed by atoms with E-state index in [1.165, 1.54) is 0 Å². The van der Waals surface area contributed by atoms with Crippen LogP contribution in [0.25, 0.3) is 0 Å². The first-order valence-electron chi connectivity index (χ1n) is 3.51. The normalized spacial score (nSPS) is 16.9. The fourth-order valence-corrected chi connectivity index (χ4v) is 2.41. The summed E-state index contributed by atoms with van der Waals surface area (Å²) in [6, 6.07) is 5.22.